The summed E-state index contributed by atoms with van der Waals surface area (Å²) in [5.74, 6) is 2.06. The SMILES string of the molecule is N#CC=Cc1ccc2c(n1)NCCC2.NCCCc1ccc2c(n1)NCCC2. The molecule has 0 amide bonds. The molecule has 0 saturated heterocycles. The minimum absolute atomic E-state index is 0.742. The van der Waals surface area contributed by atoms with Crippen LogP contribution in [0.2, 0.25) is 0 Å². The van der Waals surface area contributed by atoms with Crippen LogP contribution in [0.15, 0.2) is 30.3 Å². The van der Waals surface area contributed by atoms with E-state index in [0.29, 0.717) is 0 Å². The van der Waals surface area contributed by atoms with Gasteiger partial charge in [0.15, 0.2) is 0 Å². The molecule has 2 aliphatic heterocycles. The lowest BCUT2D eigenvalue weighted by molar-refractivity contribution is 0.785. The number of nitriles is 1. The van der Waals surface area contributed by atoms with Crippen LogP contribution in [-0.4, -0.2) is 29.6 Å². The molecule has 0 radical (unpaired) electrons. The summed E-state index contributed by atoms with van der Waals surface area (Å²) in [5, 5.41) is 15.0. The third-order valence-electron chi connectivity index (χ3n) is 4.83. The molecule has 146 valence electrons. The van der Waals surface area contributed by atoms with Crippen LogP contribution in [0.3, 0.4) is 0 Å². The molecule has 28 heavy (non-hydrogen) atoms. The Morgan fingerprint density at radius 2 is 1.68 bits per heavy atom. The molecule has 6 nitrogen and oxygen atoms in total. The van der Waals surface area contributed by atoms with Gasteiger partial charge in [-0.2, -0.15) is 5.26 Å². The molecular formula is C22H28N6. The molecule has 0 fully saturated rings. The van der Waals surface area contributed by atoms with Crippen molar-refractivity contribution in [3.63, 3.8) is 0 Å². The largest absolute Gasteiger partial charge is 0.370 e. The van der Waals surface area contributed by atoms with E-state index in [1.54, 1.807) is 6.08 Å². The summed E-state index contributed by atoms with van der Waals surface area (Å²) < 4.78 is 0. The van der Waals surface area contributed by atoms with Crippen LogP contribution in [0.5, 0.6) is 0 Å². The van der Waals surface area contributed by atoms with Crippen molar-refractivity contribution in [1.29, 1.82) is 5.26 Å². The highest BCUT2D eigenvalue weighted by molar-refractivity contribution is 5.55. The van der Waals surface area contributed by atoms with E-state index in [-0.39, 0.29) is 0 Å². The van der Waals surface area contributed by atoms with E-state index in [4.69, 9.17) is 11.0 Å². The number of nitrogens with zero attached hydrogens (tertiary/aromatic N) is 3. The topological polar surface area (TPSA) is 99.7 Å². The Labute approximate surface area is 166 Å². The molecule has 0 atom stereocenters. The average Bonchev–Trinajstić information content (AvgIpc) is 2.76. The summed E-state index contributed by atoms with van der Waals surface area (Å²) in [6.45, 7) is 2.79. The Balaban J connectivity index is 0.000000161. The smallest absolute Gasteiger partial charge is 0.129 e. The third-order valence-corrected chi connectivity index (χ3v) is 4.83. The molecule has 0 aromatic carbocycles. The fraction of sp³-hybridized carbons (Fsp3) is 0.409. The first-order valence-corrected chi connectivity index (χ1v) is 10.0. The fourth-order valence-corrected chi connectivity index (χ4v) is 3.35. The van der Waals surface area contributed by atoms with E-state index in [1.807, 2.05) is 12.1 Å². The summed E-state index contributed by atoms with van der Waals surface area (Å²) in [6.07, 6.45) is 9.81. The monoisotopic (exact) mass is 376 g/mol. The van der Waals surface area contributed by atoms with Gasteiger partial charge in [0, 0.05) is 24.9 Å². The van der Waals surface area contributed by atoms with Gasteiger partial charge >= 0.3 is 0 Å². The molecule has 0 unspecified atom stereocenters. The average molecular weight is 377 g/mol. The second-order valence-corrected chi connectivity index (χ2v) is 6.97. The number of fused-ring (bicyclic) bond motifs is 2. The number of aryl methyl sites for hydroxylation is 3. The van der Waals surface area contributed by atoms with Crippen LogP contribution in [0.1, 0.15) is 41.8 Å². The maximum atomic E-state index is 8.39. The summed E-state index contributed by atoms with van der Waals surface area (Å²) in [7, 11) is 0. The second kappa shape index (κ2) is 10.4. The van der Waals surface area contributed by atoms with Crippen molar-refractivity contribution in [2.75, 3.05) is 30.3 Å². The number of rotatable bonds is 4. The zero-order valence-corrected chi connectivity index (χ0v) is 16.2. The standard InChI is InChI=1S/C11H17N3.C11H11N3/c2*12-7-1-4-10-6-5-9-3-2-8-13-11(9)14-10/h5-6H,1-4,7-8,12H2,(H,13,14);1,4-6H,2-3,8H2,(H,13,14). The fourth-order valence-electron chi connectivity index (χ4n) is 3.35. The van der Waals surface area contributed by atoms with Crippen molar-refractivity contribution in [3.8, 4) is 6.07 Å². The van der Waals surface area contributed by atoms with E-state index in [0.717, 1.165) is 68.3 Å². The number of pyridine rings is 2. The predicted octanol–water partition coefficient (Wildman–Crippen LogP) is 3.31. The molecule has 0 spiro atoms. The lowest BCUT2D eigenvalue weighted by Gasteiger charge is -2.17. The van der Waals surface area contributed by atoms with Crippen molar-refractivity contribution in [1.82, 2.24) is 9.97 Å². The normalized spacial score (nSPS) is 14.6. The lowest BCUT2D eigenvalue weighted by atomic mass is 10.1. The van der Waals surface area contributed by atoms with Gasteiger partial charge < -0.3 is 16.4 Å². The zero-order valence-electron chi connectivity index (χ0n) is 16.2. The van der Waals surface area contributed by atoms with Crippen LogP contribution in [0.25, 0.3) is 6.08 Å². The zero-order chi connectivity index (χ0) is 19.6. The number of hydrogen-bond acceptors (Lipinski definition) is 6. The maximum absolute atomic E-state index is 8.39. The van der Waals surface area contributed by atoms with Crippen LogP contribution in [-0.2, 0) is 19.3 Å². The van der Waals surface area contributed by atoms with Gasteiger partial charge in [0.1, 0.15) is 11.6 Å². The molecule has 4 heterocycles. The molecule has 2 aromatic rings. The van der Waals surface area contributed by atoms with Gasteiger partial charge in [0.05, 0.1) is 11.8 Å². The van der Waals surface area contributed by atoms with E-state index in [2.05, 4.69) is 38.8 Å². The number of anilines is 2. The Bertz CT molecular complexity index is 853. The highest BCUT2D eigenvalue weighted by Gasteiger charge is 2.10. The van der Waals surface area contributed by atoms with Crippen LogP contribution < -0.4 is 16.4 Å². The van der Waals surface area contributed by atoms with Gasteiger partial charge in [-0.3, -0.25) is 0 Å². The van der Waals surface area contributed by atoms with E-state index in [1.165, 1.54) is 30.0 Å². The van der Waals surface area contributed by atoms with Crippen LogP contribution in [0.4, 0.5) is 11.6 Å². The minimum Gasteiger partial charge on any atom is -0.370 e. The Kier molecular flexibility index (Phi) is 7.39. The predicted molar refractivity (Wildman–Crippen MR) is 114 cm³/mol. The van der Waals surface area contributed by atoms with Crippen molar-refractivity contribution in [2.24, 2.45) is 5.73 Å². The number of hydrogen-bond donors (Lipinski definition) is 3. The van der Waals surface area contributed by atoms with Crippen molar-refractivity contribution < 1.29 is 0 Å². The van der Waals surface area contributed by atoms with E-state index < -0.39 is 0 Å². The Hall–Kier alpha value is -2.91. The highest BCUT2D eigenvalue weighted by Crippen LogP contribution is 2.20. The first-order chi connectivity index (χ1) is 13.8. The first kappa shape index (κ1) is 19.8. The number of aromatic nitrogens is 2. The lowest BCUT2D eigenvalue weighted by Crippen LogP contribution is -2.14. The highest BCUT2D eigenvalue weighted by atomic mass is 15.0. The maximum Gasteiger partial charge on any atom is 0.129 e. The second-order valence-electron chi connectivity index (χ2n) is 6.97. The third kappa shape index (κ3) is 5.54. The summed E-state index contributed by atoms with van der Waals surface area (Å²) in [5.41, 5.74) is 10.1. The molecule has 4 N–H and O–H groups in total. The Morgan fingerprint density at radius 1 is 1.00 bits per heavy atom. The van der Waals surface area contributed by atoms with E-state index in [9.17, 15) is 0 Å². The summed E-state index contributed by atoms with van der Waals surface area (Å²) in [4.78, 5) is 8.99. The summed E-state index contributed by atoms with van der Waals surface area (Å²) in [6, 6.07) is 10.3. The molecule has 6 heteroatoms. The van der Waals surface area contributed by atoms with Gasteiger partial charge in [0.2, 0.25) is 0 Å². The molecule has 2 aromatic heterocycles. The van der Waals surface area contributed by atoms with Crippen LogP contribution in [0, 0.1) is 11.3 Å². The van der Waals surface area contributed by atoms with Gasteiger partial charge in [-0.1, -0.05) is 12.1 Å². The number of allylic oxidation sites excluding steroid dienone is 1. The molecule has 0 saturated carbocycles. The van der Waals surface area contributed by atoms with Crippen LogP contribution >= 0.6 is 0 Å². The molecule has 2 aliphatic rings. The number of nitrogens with one attached hydrogen (secondary N) is 2. The van der Waals surface area contributed by atoms with Gasteiger partial charge in [-0.25, -0.2) is 9.97 Å². The molecule has 0 bridgehead atoms. The first-order valence-electron chi connectivity index (χ1n) is 10.0. The van der Waals surface area contributed by atoms with Gasteiger partial charge in [-0.05, 0) is 74.4 Å². The summed E-state index contributed by atoms with van der Waals surface area (Å²) >= 11 is 0. The van der Waals surface area contributed by atoms with Gasteiger partial charge in [-0.15, -0.1) is 0 Å². The van der Waals surface area contributed by atoms with Crippen molar-refractivity contribution in [3.05, 3.63) is 52.9 Å². The van der Waals surface area contributed by atoms with E-state index >= 15 is 0 Å². The molecule has 0 aliphatic carbocycles. The quantitative estimate of drug-likeness (QED) is 0.708. The molecular weight excluding hydrogens is 348 g/mol. The van der Waals surface area contributed by atoms with Crippen molar-refractivity contribution in [2.45, 2.75) is 38.5 Å². The molecule has 4 rings (SSSR count). The Morgan fingerprint density at radius 3 is 2.36 bits per heavy atom. The minimum atomic E-state index is 0.742. The number of nitrogens with two attached hydrogens (primary N) is 1. The van der Waals surface area contributed by atoms with Crippen molar-refractivity contribution >= 4 is 17.7 Å². The van der Waals surface area contributed by atoms with Gasteiger partial charge in [0.25, 0.3) is 0 Å².